The van der Waals surface area contributed by atoms with Gasteiger partial charge in [-0.1, -0.05) is 18.2 Å². The van der Waals surface area contributed by atoms with Crippen LogP contribution in [0.4, 0.5) is 26.3 Å². The van der Waals surface area contributed by atoms with Gasteiger partial charge in [0.1, 0.15) is 5.75 Å². The minimum absolute atomic E-state index is 0.201. The van der Waals surface area contributed by atoms with Crippen LogP contribution in [0, 0.1) is 0 Å². The summed E-state index contributed by atoms with van der Waals surface area (Å²) >= 11 is 0. The first-order chi connectivity index (χ1) is 11.5. The second-order valence-corrected chi connectivity index (χ2v) is 4.82. The van der Waals surface area contributed by atoms with E-state index < -0.39 is 35.4 Å². The molecule has 2 aromatic rings. The van der Waals surface area contributed by atoms with Crippen molar-refractivity contribution in [2.45, 2.75) is 12.5 Å². The zero-order chi connectivity index (χ0) is 18.8. The quantitative estimate of drug-likeness (QED) is 0.564. The summed E-state index contributed by atoms with van der Waals surface area (Å²) in [7, 11) is 0.943. The fourth-order valence-electron chi connectivity index (χ4n) is 2.10. The number of alkyl halides is 6. The molecule has 0 spiro atoms. The molecule has 3 nitrogen and oxygen atoms in total. The Kier molecular flexibility index (Phi) is 4.96. The van der Waals surface area contributed by atoms with Gasteiger partial charge in [-0.3, -0.25) is 0 Å². The molecule has 9 heteroatoms. The molecule has 0 N–H and O–H groups in total. The zero-order valence-corrected chi connectivity index (χ0v) is 12.5. The van der Waals surface area contributed by atoms with Gasteiger partial charge in [0.25, 0.3) is 0 Å². The van der Waals surface area contributed by atoms with Gasteiger partial charge < -0.3 is 9.47 Å². The van der Waals surface area contributed by atoms with Gasteiger partial charge in [-0.15, -0.1) is 13.2 Å². The Morgan fingerprint density at radius 2 is 1.44 bits per heavy atom. The van der Waals surface area contributed by atoms with Crippen LogP contribution >= 0.6 is 0 Å². The summed E-state index contributed by atoms with van der Waals surface area (Å²) < 4.78 is 83.3. The first kappa shape index (κ1) is 18.6. The Hall–Kier alpha value is -2.71. The number of rotatable bonds is 3. The Labute approximate surface area is 137 Å². The van der Waals surface area contributed by atoms with E-state index in [1.807, 2.05) is 0 Å². The lowest BCUT2D eigenvalue weighted by Crippen LogP contribution is -2.16. The maximum atomic E-state index is 13.0. The molecule has 25 heavy (non-hydrogen) atoms. The van der Waals surface area contributed by atoms with Crippen LogP contribution in [0.15, 0.2) is 42.5 Å². The second kappa shape index (κ2) is 6.66. The fraction of sp³-hybridized carbons (Fsp3) is 0.188. The molecular weight excluding hydrogens is 354 g/mol. The lowest BCUT2D eigenvalue weighted by molar-refractivity contribution is -0.274. The van der Waals surface area contributed by atoms with E-state index in [0.717, 1.165) is 31.4 Å². The van der Waals surface area contributed by atoms with Gasteiger partial charge in [-0.25, -0.2) is 4.79 Å². The molecule has 0 radical (unpaired) electrons. The monoisotopic (exact) mass is 364 g/mol. The molecule has 0 aliphatic carbocycles. The van der Waals surface area contributed by atoms with Crippen molar-refractivity contribution in [1.29, 1.82) is 0 Å². The predicted molar refractivity (Wildman–Crippen MR) is 74.9 cm³/mol. The summed E-state index contributed by atoms with van der Waals surface area (Å²) in [4.78, 5) is 11.6. The van der Waals surface area contributed by atoms with Crippen LogP contribution in [0.25, 0.3) is 11.1 Å². The average molecular weight is 364 g/mol. The molecule has 0 amide bonds. The highest BCUT2D eigenvalue weighted by atomic mass is 19.4. The van der Waals surface area contributed by atoms with Crippen LogP contribution < -0.4 is 4.74 Å². The summed E-state index contributed by atoms with van der Waals surface area (Å²) in [6, 6.07) is 7.26. The first-order valence-corrected chi connectivity index (χ1v) is 6.67. The Morgan fingerprint density at radius 1 is 0.880 bits per heavy atom. The molecule has 0 aliphatic heterocycles. The standard InChI is InChI=1S/C16H10F6O3/c1-24-14(23)12-8-10(4-7-13(12)15(17,18)19)9-2-5-11(6-3-9)25-16(20,21)22/h2-8H,1H3. The van der Waals surface area contributed by atoms with Crippen LogP contribution in [0.3, 0.4) is 0 Å². The normalized spacial score (nSPS) is 12.0. The predicted octanol–water partition coefficient (Wildman–Crippen LogP) is 5.06. The van der Waals surface area contributed by atoms with Gasteiger partial charge in [0.05, 0.1) is 18.2 Å². The van der Waals surface area contributed by atoms with E-state index in [-0.39, 0.29) is 5.56 Å². The van der Waals surface area contributed by atoms with E-state index in [0.29, 0.717) is 11.6 Å². The molecule has 2 rings (SSSR count). The van der Waals surface area contributed by atoms with Gasteiger partial charge >= 0.3 is 18.5 Å². The summed E-state index contributed by atoms with van der Waals surface area (Å²) in [5.74, 6) is -1.65. The molecular formula is C16H10F6O3. The van der Waals surface area contributed by atoms with E-state index in [1.54, 1.807) is 0 Å². The summed E-state index contributed by atoms with van der Waals surface area (Å²) in [5.41, 5.74) is -1.36. The topological polar surface area (TPSA) is 35.5 Å². The summed E-state index contributed by atoms with van der Waals surface area (Å²) in [6.07, 6.45) is -9.61. The highest BCUT2D eigenvalue weighted by molar-refractivity contribution is 5.93. The van der Waals surface area contributed by atoms with Crippen molar-refractivity contribution in [3.05, 3.63) is 53.6 Å². The molecule has 0 aromatic heterocycles. The van der Waals surface area contributed by atoms with Crippen molar-refractivity contribution in [3.8, 4) is 16.9 Å². The number of benzene rings is 2. The first-order valence-electron chi connectivity index (χ1n) is 6.67. The molecule has 2 aromatic carbocycles. The van der Waals surface area contributed by atoms with E-state index in [1.165, 1.54) is 12.1 Å². The van der Waals surface area contributed by atoms with E-state index in [4.69, 9.17) is 0 Å². The number of ether oxygens (including phenoxy) is 2. The van der Waals surface area contributed by atoms with E-state index in [2.05, 4.69) is 9.47 Å². The van der Waals surface area contributed by atoms with Gasteiger partial charge in [0.2, 0.25) is 0 Å². The zero-order valence-electron chi connectivity index (χ0n) is 12.5. The number of hydrogen-bond acceptors (Lipinski definition) is 3. The lowest BCUT2D eigenvalue weighted by atomic mass is 9.98. The maximum Gasteiger partial charge on any atom is 0.573 e. The fourth-order valence-corrected chi connectivity index (χ4v) is 2.10. The minimum Gasteiger partial charge on any atom is -0.465 e. The van der Waals surface area contributed by atoms with Crippen molar-refractivity contribution in [3.63, 3.8) is 0 Å². The van der Waals surface area contributed by atoms with E-state index >= 15 is 0 Å². The molecule has 0 fully saturated rings. The Bertz CT molecular complexity index is 763. The minimum atomic E-state index is -4.85. The molecule has 0 aliphatic rings. The molecule has 0 atom stereocenters. The lowest BCUT2D eigenvalue weighted by Gasteiger charge is -2.13. The number of hydrogen-bond donors (Lipinski definition) is 0. The molecule has 0 heterocycles. The molecule has 0 saturated heterocycles. The third-order valence-electron chi connectivity index (χ3n) is 3.15. The number of halogens is 6. The third-order valence-corrected chi connectivity index (χ3v) is 3.15. The third kappa shape index (κ3) is 4.65. The van der Waals surface area contributed by atoms with Crippen LogP contribution in [-0.4, -0.2) is 19.4 Å². The second-order valence-electron chi connectivity index (χ2n) is 4.82. The number of carbonyl (C=O) groups excluding carboxylic acids is 1. The van der Waals surface area contributed by atoms with Crippen molar-refractivity contribution >= 4 is 5.97 Å². The highest BCUT2D eigenvalue weighted by Gasteiger charge is 2.35. The van der Waals surface area contributed by atoms with Crippen molar-refractivity contribution in [2.24, 2.45) is 0 Å². The molecule has 0 saturated carbocycles. The maximum absolute atomic E-state index is 13.0. The molecule has 0 bridgehead atoms. The van der Waals surface area contributed by atoms with Crippen molar-refractivity contribution in [1.82, 2.24) is 0 Å². The van der Waals surface area contributed by atoms with Gasteiger partial charge in [-0.05, 0) is 35.4 Å². The smallest absolute Gasteiger partial charge is 0.465 e. The van der Waals surface area contributed by atoms with Gasteiger partial charge in [0.15, 0.2) is 0 Å². The number of carbonyl (C=O) groups is 1. The van der Waals surface area contributed by atoms with E-state index in [9.17, 15) is 31.1 Å². The van der Waals surface area contributed by atoms with Crippen molar-refractivity contribution < 1.29 is 40.6 Å². The highest BCUT2D eigenvalue weighted by Crippen LogP contribution is 2.35. The van der Waals surface area contributed by atoms with Crippen LogP contribution in [0.5, 0.6) is 5.75 Å². The summed E-state index contributed by atoms with van der Waals surface area (Å²) in [6.45, 7) is 0. The molecule has 134 valence electrons. The van der Waals surface area contributed by atoms with Crippen LogP contribution in [0.2, 0.25) is 0 Å². The number of methoxy groups -OCH3 is 1. The Morgan fingerprint density at radius 3 is 1.92 bits per heavy atom. The average Bonchev–Trinajstić information content (AvgIpc) is 2.52. The van der Waals surface area contributed by atoms with Gasteiger partial charge in [-0.2, -0.15) is 13.2 Å². The van der Waals surface area contributed by atoms with Crippen LogP contribution in [-0.2, 0) is 10.9 Å². The Balaban J connectivity index is 2.41. The number of esters is 1. The largest absolute Gasteiger partial charge is 0.573 e. The van der Waals surface area contributed by atoms with Gasteiger partial charge in [0, 0.05) is 0 Å². The summed E-state index contributed by atoms with van der Waals surface area (Å²) in [5, 5.41) is 0. The molecule has 0 unspecified atom stereocenters. The SMILES string of the molecule is COC(=O)c1cc(-c2ccc(OC(F)(F)F)cc2)ccc1C(F)(F)F. The van der Waals surface area contributed by atoms with Crippen LogP contribution in [0.1, 0.15) is 15.9 Å². The van der Waals surface area contributed by atoms with Crippen molar-refractivity contribution in [2.75, 3.05) is 7.11 Å².